The van der Waals surface area contributed by atoms with Gasteiger partial charge in [-0.05, 0) is 12.8 Å². The predicted octanol–water partition coefficient (Wildman–Crippen LogP) is 0.140. The quantitative estimate of drug-likeness (QED) is 0.572. The van der Waals surface area contributed by atoms with Gasteiger partial charge in [-0.25, -0.2) is 0 Å². The van der Waals surface area contributed by atoms with Gasteiger partial charge >= 0.3 is 6.43 Å². The maximum Gasteiger partial charge on any atom is 0.315 e. The Labute approximate surface area is 63.4 Å². The van der Waals surface area contributed by atoms with E-state index in [2.05, 4.69) is 0 Å². The van der Waals surface area contributed by atoms with E-state index >= 15 is 0 Å². The highest BCUT2D eigenvalue weighted by Crippen LogP contribution is 1.91. The Morgan fingerprint density at radius 2 is 2.09 bits per heavy atom. The second kappa shape index (κ2) is 6.03. The van der Waals surface area contributed by atoms with Gasteiger partial charge in [0.2, 0.25) is 0 Å². The Morgan fingerprint density at radius 1 is 1.45 bits per heavy atom. The van der Waals surface area contributed by atoms with Gasteiger partial charge in [0.05, 0.1) is 0 Å². The van der Waals surface area contributed by atoms with E-state index in [0.717, 1.165) is 0 Å². The maximum absolute atomic E-state index is 11.5. The van der Waals surface area contributed by atoms with Gasteiger partial charge in [0.25, 0.3) is 5.91 Å². The van der Waals surface area contributed by atoms with Gasteiger partial charge in [0.1, 0.15) is 0 Å². The lowest BCUT2D eigenvalue weighted by Gasteiger charge is -2.01. The van der Waals surface area contributed by atoms with Crippen molar-refractivity contribution in [1.82, 2.24) is 5.32 Å². The van der Waals surface area contributed by atoms with Crippen LogP contribution in [-0.2, 0) is 4.79 Å². The number of carbonyl (C=O) groups is 1. The molecular formula is C6H11F2NO2. The highest BCUT2D eigenvalue weighted by Gasteiger charge is 2.12. The first kappa shape index (κ1) is 10.3. The molecule has 0 radical (unpaired) electrons. The molecule has 0 fully saturated rings. The third kappa shape index (κ3) is 5.72. The minimum absolute atomic E-state index is 0.0184. The lowest BCUT2D eigenvalue weighted by Crippen LogP contribution is -2.30. The molecule has 1 amide bonds. The average molecular weight is 167 g/mol. The van der Waals surface area contributed by atoms with E-state index in [0.29, 0.717) is 12.8 Å². The van der Waals surface area contributed by atoms with E-state index < -0.39 is 12.3 Å². The third-order valence-electron chi connectivity index (χ3n) is 1.08. The van der Waals surface area contributed by atoms with E-state index in [1.165, 1.54) is 0 Å². The summed E-state index contributed by atoms with van der Waals surface area (Å²) in [5.41, 5.74) is 0. The molecule has 0 aliphatic rings. The first-order chi connectivity index (χ1) is 5.18. The number of hydrogen-bond acceptors (Lipinski definition) is 2. The number of aliphatic hydroxyl groups is 1. The number of amides is 1. The van der Waals surface area contributed by atoms with Crippen LogP contribution in [-0.4, -0.2) is 30.6 Å². The molecule has 0 bridgehead atoms. The van der Waals surface area contributed by atoms with Gasteiger partial charge in [-0.3, -0.25) is 4.79 Å². The van der Waals surface area contributed by atoms with E-state index in [4.69, 9.17) is 5.11 Å². The van der Waals surface area contributed by atoms with Crippen molar-refractivity contribution >= 4 is 5.91 Å². The smallest absolute Gasteiger partial charge is 0.315 e. The van der Waals surface area contributed by atoms with Crippen molar-refractivity contribution in [1.29, 1.82) is 0 Å². The van der Waals surface area contributed by atoms with Crippen LogP contribution in [0.5, 0.6) is 0 Å². The molecule has 0 rings (SSSR count). The zero-order valence-corrected chi connectivity index (χ0v) is 6.02. The Bertz CT molecular complexity index is 119. The summed E-state index contributed by atoms with van der Waals surface area (Å²) in [5.74, 6) is -1.25. The highest BCUT2D eigenvalue weighted by atomic mass is 19.3. The van der Waals surface area contributed by atoms with Crippen LogP contribution in [0.15, 0.2) is 0 Å². The Kier molecular flexibility index (Phi) is 5.64. The van der Waals surface area contributed by atoms with Crippen LogP contribution in [0.1, 0.15) is 12.8 Å². The van der Waals surface area contributed by atoms with Gasteiger partial charge in [0.15, 0.2) is 0 Å². The van der Waals surface area contributed by atoms with Gasteiger partial charge in [-0.1, -0.05) is 0 Å². The average Bonchev–Trinajstić information content (AvgIpc) is 1.97. The number of rotatable bonds is 5. The zero-order chi connectivity index (χ0) is 8.69. The molecule has 0 aromatic carbocycles. The van der Waals surface area contributed by atoms with E-state index in [9.17, 15) is 13.6 Å². The summed E-state index contributed by atoms with van der Waals surface area (Å²) in [6, 6.07) is 0. The molecule has 0 atom stereocenters. The molecule has 0 unspecified atom stereocenters. The largest absolute Gasteiger partial charge is 0.396 e. The molecule has 0 saturated heterocycles. The van der Waals surface area contributed by atoms with Crippen molar-refractivity contribution in [2.24, 2.45) is 0 Å². The van der Waals surface area contributed by atoms with Crippen LogP contribution in [0.2, 0.25) is 0 Å². The molecule has 0 saturated carbocycles. The SMILES string of the molecule is O=C(NCCCCO)C(F)F. The molecule has 0 heterocycles. The van der Waals surface area contributed by atoms with Crippen LogP contribution in [0.25, 0.3) is 0 Å². The summed E-state index contributed by atoms with van der Waals surface area (Å²) in [7, 11) is 0. The van der Waals surface area contributed by atoms with Crippen molar-refractivity contribution in [2.75, 3.05) is 13.2 Å². The number of unbranched alkanes of at least 4 members (excludes halogenated alkanes) is 1. The molecule has 2 N–H and O–H groups in total. The van der Waals surface area contributed by atoms with E-state index in [1.807, 2.05) is 5.32 Å². The third-order valence-corrected chi connectivity index (χ3v) is 1.08. The molecule has 3 nitrogen and oxygen atoms in total. The second-order valence-corrected chi connectivity index (χ2v) is 2.02. The number of alkyl halides is 2. The minimum atomic E-state index is -2.94. The van der Waals surface area contributed by atoms with Gasteiger partial charge in [-0.15, -0.1) is 0 Å². The number of carbonyl (C=O) groups excluding carboxylic acids is 1. The molecule has 0 aliphatic carbocycles. The van der Waals surface area contributed by atoms with Crippen molar-refractivity contribution in [2.45, 2.75) is 19.3 Å². The predicted molar refractivity (Wildman–Crippen MR) is 35.3 cm³/mol. The molecule has 0 aromatic heterocycles. The number of aliphatic hydroxyl groups excluding tert-OH is 1. The molecule has 5 heteroatoms. The van der Waals surface area contributed by atoms with Crippen LogP contribution in [0.3, 0.4) is 0 Å². The second-order valence-electron chi connectivity index (χ2n) is 2.02. The maximum atomic E-state index is 11.5. The first-order valence-electron chi connectivity index (χ1n) is 3.35. The van der Waals surface area contributed by atoms with Gasteiger partial charge < -0.3 is 10.4 Å². The zero-order valence-electron chi connectivity index (χ0n) is 6.02. The fourth-order valence-electron chi connectivity index (χ4n) is 0.526. The summed E-state index contributed by atoms with van der Waals surface area (Å²) < 4.78 is 23.0. The summed E-state index contributed by atoms with van der Waals surface area (Å²) >= 11 is 0. The Hall–Kier alpha value is -0.710. The van der Waals surface area contributed by atoms with Crippen molar-refractivity contribution in [3.05, 3.63) is 0 Å². The van der Waals surface area contributed by atoms with Crippen molar-refractivity contribution in [3.63, 3.8) is 0 Å². The first-order valence-corrected chi connectivity index (χ1v) is 3.35. The molecule has 0 aliphatic heterocycles. The summed E-state index contributed by atoms with van der Waals surface area (Å²) in [6.07, 6.45) is -1.90. The number of nitrogens with one attached hydrogen (secondary N) is 1. The van der Waals surface area contributed by atoms with Gasteiger partial charge in [-0.2, -0.15) is 8.78 Å². The summed E-state index contributed by atoms with van der Waals surface area (Å²) in [4.78, 5) is 10.2. The summed E-state index contributed by atoms with van der Waals surface area (Å²) in [6.45, 7) is 0.217. The fourth-order valence-corrected chi connectivity index (χ4v) is 0.526. The van der Waals surface area contributed by atoms with E-state index in [1.54, 1.807) is 0 Å². The van der Waals surface area contributed by atoms with Crippen LogP contribution >= 0.6 is 0 Å². The standard InChI is InChI=1S/C6H11F2NO2/c7-5(8)6(11)9-3-1-2-4-10/h5,10H,1-4H2,(H,9,11). The molecule has 0 aromatic rings. The van der Waals surface area contributed by atoms with Crippen molar-refractivity contribution < 1.29 is 18.7 Å². The molecule has 66 valence electrons. The van der Waals surface area contributed by atoms with Crippen molar-refractivity contribution in [3.8, 4) is 0 Å². The lowest BCUT2D eigenvalue weighted by molar-refractivity contribution is -0.131. The topological polar surface area (TPSA) is 49.3 Å². The summed E-state index contributed by atoms with van der Waals surface area (Å²) in [5, 5.41) is 10.3. The minimum Gasteiger partial charge on any atom is -0.396 e. The monoisotopic (exact) mass is 167 g/mol. The van der Waals surface area contributed by atoms with Gasteiger partial charge in [0, 0.05) is 13.2 Å². The fraction of sp³-hybridized carbons (Fsp3) is 0.833. The molecule has 0 spiro atoms. The van der Waals surface area contributed by atoms with E-state index in [-0.39, 0.29) is 13.2 Å². The highest BCUT2D eigenvalue weighted by molar-refractivity contribution is 5.78. The normalized spacial score (nSPS) is 10.2. The van der Waals surface area contributed by atoms with Crippen LogP contribution in [0.4, 0.5) is 8.78 Å². The Balaban J connectivity index is 3.18. The number of halogens is 2. The van der Waals surface area contributed by atoms with Crippen LogP contribution < -0.4 is 5.32 Å². The van der Waals surface area contributed by atoms with Crippen LogP contribution in [0, 0.1) is 0 Å². The number of hydrogen-bond donors (Lipinski definition) is 2. The molecule has 11 heavy (non-hydrogen) atoms. The Morgan fingerprint density at radius 3 is 2.55 bits per heavy atom. The lowest BCUT2D eigenvalue weighted by atomic mass is 10.3. The molecular weight excluding hydrogens is 156 g/mol.